The van der Waals surface area contributed by atoms with Crippen LogP contribution in [0.5, 0.6) is 0 Å². The molecule has 19 heavy (non-hydrogen) atoms. The highest BCUT2D eigenvalue weighted by Gasteiger charge is 2.18. The summed E-state index contributed by atoms with van der Waals surface area (Å²) in [6.45, 7) is 3.18. The van der Waals surface area contributed by atoms with Crippen molar-refractivity contribution in [2.75, 3.05) is 38.6 Å². The molecular formula is C15H20FN3. The molecule has 0 aliphatic carbocycles. The van der Waals surface area contributed by atoms with Crippen LogP contribution in [-0.4, -0.2) is 38.6 Å². The molecular weight excluding hydrogens is 241 g/mol. The minimum Gasteiger partial charge on any atom is -0.374 e. The first-order chi connectivity index (χ1) is 9.08. The number of hydrogen-bond donors (Lipinski definition) is 0. The Labute approximate surface area is 114 Å². The van der Waals surface area contributed by atoms with Crippen molar-refractivity contribution in [3.8, 4) is 6.07 Å². The molecule has 1 fully saturated rings. The van der Waals surface area contributed by atoms with Crippen LogP contribution in [0.1, 0.15) is 18.4 Å². The SMILES string of the molecule is CN1CCC(CN(C)c2cc(F)cc(C#N)c2)CC1. The molecule has 1 aromatic rings. The van der Waals surface area contributed by atoms with Crippen LogP contribution in [-0.2, 0) is 0 Å². The van der Waals surface area contributed by atoms with E-state index >= 15 is 0 Å². The van der Waals surface area contributed by atoms with Crippen LogP contribution in [0.2, 0.25) is 0 Å². The Bertz CT molecular complexity index is 473. The van der Waals surface area contributed by atoms with Gasteiger partial charge in [0.15, 0.2) is 0 Å². The maximum atomic E-state index is 13.4. The van der Waals surface area contributed by atoms with Crippen molar-refractivity contribution in [3.63, 3.8) is 0 Å². The number of nitrogens with zero attached hydrogens (tertiary/aromatic N) is 3. The second-order valence-corrected chi connectivity index (χ2v) is 5.44. The van der Waals surface area contributed by atoms with Gasteiger partial charge in [0.1, 0.15) is 5.82 Å². The van der Waals surface area contributed by atoms with Gasteiger partial charge in [-0.2, -0.15) is 5.26 Å². The minimum atomic E-state index is -0.343. The van der Waals surface area contributed by atoms with E-state index in [4.69, 9.17) is 5.26 Å². The average Bonchev–Trinajstić information content (AvgIpc) is 2.40. The fourth-order valence-corrected chi connectivity index (χ4v) is 2.60. The van der Waals surface area contributed by atoms with Crippen LogP contribution in [0.4, 0.5) is 10.1 Å². The van der Waals surface area contributed by atoms with Gasteiger partial charge in [-0.15, -0.1) is 0 Å². The van der Waals surface area contributed by atoms with Crippen molar-refractivity contribution in [2.24, 2.45) is 5.92 Å². The molecule has 1 heterocycles. The lowest BCUT2D eigenvalue weighted by atomic mass is 9.96. The van der Waals surface area contributed by atoms with E-state index in [2.05, 4.69) is 16.8 Å². The molecule has 0 atom stereocenters. The zero-order valence-electron chi connectivity index (χ0n) is 11.6. The number of anilines is 1. The van der Waals surface area contributed by atoms with E-state index in [1.165, 1.54) is 25.0 Å². The van der Waals surface area contributed by atoms with Gasteiger partial charge in [-0.3, -0.25) is 0 Å². The lowest BCUT2D eigenvalue weighted by Crippen LogP contribution is -2.35. The molecule has 0 aromatic heterocycles. The Balaban J connectivity index is 2.01. The zero-order valence-corrected chi connectivity index (χ0v) is 11.6. The molecule has 0 radical (unpaired) electrons. The summed E-state index contributed by atoms with van der Waals surface area (Å²) >= 11 is 0. The molecule has 2 rings (SSSR count). The first kappa shape index (κ1) is 13.8. The molecule has 0 bridgehead atoms. The van der Waals surface area contributed by atoms with E-state index in [0.717, 1.165) is 25.3 Å². The van der Waals surface area contributed by atoms with Crippen molar-refractivity contribution in [1.29, 1.82) is 5.26 Å². The molecule has 1 aromatic carbocycles. The van der Waals surface area contributed by atoms with Gasteiger partial charge in [-0.05, 0) is 57.1 Å². The van der Waals surface area contributed by atoms with Crippen LogP contribution in [0, 0.1) is 23.1 Å². The van der Waals surface area contributed by atoms with Crippen LogP contribution in [0.25, 0.3) is 0 Å². The highest BCUT2D eigenvalue weighted by atomic mass is 19.1. The topological polar surface area (TPSA) is 30.3 Å². The molecule has 4 heteroatoms. The van der Waals surface area contributed by atoms with Crippen LogP contribution in [0.3, 0.4) is 0 Å². The predicted octanol–water partition coefficient (Wildman–Crippen LogP) is 2.48. The third-order valence-electron chi connectivity index (χ3n) is 3.82. The molecule has 1 saturated heterocycles. The fraction of sp³-hybridized carbons (Fsp3) is 0.533. The van der Waals surface area contributed by atoms with E-state index in [-0.39, 0.29) is 5.82 Å². The van der Waals surface area contributed by atoms with Gasteiger partial charge in [0.05, 0.1) is 11.6 Å². The van der Waals surface area contributed by atoms with Gasteiger partial charge in [-0.1, -0.05) is 0 Å². The maximum Gasteiger partial charge on any atom is 0.126 e. The summed E-state index contributed by atoms with van der Waals surface area (Å²) in [5.41, 5.74) is 1.17. The number of nitriles is 1. The van der Waals surface area contributed by atoms with Crippen LogP contribution < -0.4 is 4.90 Å². The normalized spacial score (nSPS) is 17.2. The largest absolute Gasteiger partial charge is 0.374 e. The Morgan fingerprint density at radius 2 is 2.05 bits per heavy atom. The second kappa shape index (κ2) is 6.03. The quantitative estimate of drug-likeness (QED) is 0.837. The van der Waals surface area contributed by atoms with Gasteiger partial charge in [0.25, 0.3) is 0 Å². The van der Waals surface area contributed by atoms with Gasteiger partial charge in [0.2, 0.25) is 0 Å². The van der Waals surface area contributed by atoms with Crippen molar-refractivity contribution < 1.29 is 4.39 Å². The van der Waals surface area contributed by atoms with Gasteiger partial charge >= 0.3 is 0 Å². The third kappa shape index (κ3) is 3.68. The predicted molar refractivity (Wildman–Crippen MR) is 74.6 cm³/mol. The van der Waals surface area contributed by atoms with Crippen molar-refractivity contribution in [3.05, 3.63) is 29.6 Å². The summed E-state index contributed by atoms with van der Waals surface area (Å²) in [7, 11) is 4.11. The Hall–Kier alpha value is -1.60. The first-order valence-electron chi connectivity index (χ1n) is 6.69. The molecule has 102 valence electrons. The molecule has 0 saturated carbocycles. The lowest BCUT2D eigenvalue weighted by molar-refractivity contribution is 0.222. The Kier molecular flexibility index (Phi) is 4.39. The van der Waals surface area contributed by atoms with Crippen molar-refractivity contribution >= 4 is 5.69 Å². The van der Waals surface area contributed by atoms with Gasteiger partial charge < -0.3 is 9.80 Å². The highest BCUT2D eigenvalue weighted by Crippen LogP contribution is 2.22. The lowest BCUT2D eigenvalue weighted by Gasteiger charge is -2.32. The third-order valence-corrected chi connectivity index (χ3v) is 3.82. The number of hydrogen-bond acceptors (Lipinski definition) is 3. The minimum absolute atomic E-state index is 0.343. The zero-order chi connectivity index (χ0) is 13.8. The fourth-order valence-electron chi connectivity index (χ4n) is 2.60. The van der Waals surface area contributed by atoms with Crippen molar-refractivity contribution in [2.45, 2.75) is 12.8 Å². The monoisotopic (exact) mass is 261 g/mol. The van der Waals surface area contributed by atoms with Crippen LogP contribution >= 0.6 is 0 Å². The van der Waals surface area contributed by atoms with Gasteiger partial charge in [0, 0.05) is 19.3 Å². The Morgan fingerprint density at radius 3 is 2.68 bits per heavy atom. The van der Waals surface area contributed by atoms with Gasteiger partial charge in [-0.25, -0.2) is 4.39 Å². The highest BCUT2D eigenvalue weighted by molar-refractivity contribution is 5.51. The molecule has 0 unspecified atom stereocenters. The smallest absolute Gasteiger partial charge is 0.126 e. The van der Waals surface area contributed by atoms with E-state index in [0.29, 0.717) is 11.5 Å². The average molecular weight is 261 g/mol. The molecule has 0 N–H and O–H groups in total. The summed E-state index contributed by atoms with van der Waals surface area (Å²) < 4.78 is 13.4. The molecule has 1 aliphatic heterocycles. The number of halogens is 1. The summed E-state index contributed by atoms with van der Waals surface area (Å²) in [6.07, 6.45) is 2.36. The Morgan fingerprint density at radius 1 is 1.37 bits per heavy atom. The standard InChI is InChI=1S/C15H20FN3/c1-18-5-3-12(4-6-18)11-19(2)15-8-13(10-17)7-14(16)9-15/h7-9,12H,3-6,11H2,1-2H3. The summed E-state index contributed by atoms with van der Waals surface area (Å²) in [6, 6.07) is 6.51. The van der Waals surface area contributed by atoms with E-state index < -0.39 is 0 Å². The maximum absolute atomic E-state index is 13.4. The van der Waals surface area contributed by atoms with Crippen molar-refractivity contribution in [1.82, 2.24) is 4.90 Å². The molecule has 0 amide bonds. The van der Waals surface area contributed by atoms with E-state index in [1.54, 1.807) is 6.07 Å². The number of rotatable bonds is 3. The number of piperidine rings is 1. The van der Waals surface area contributed by atoms with E-state index in [9.17, 15) is 4.39 Å². The summed E-state index contributed by atoms with van der Waals surface area (Å²) in [5.74, 6) is 0.305. The molecule has 0 spiro atoms. The molecule has 1 aliphatic rings. The van der Waals surface area contributed by atoms with Crippen LogP contribution in [0.15, 0.2) is 18.2 Å². The van der Waals surface area contributed by atoms with E-state index in [1.807, 2.05) is 13.1 Å². The second-order valence-electron chi connectivity index (χ2n) is 5.44. The number of likely N-dealkylation sites (tertiary alicyclic amines) is 1. The molecule has 3 nitrogen and oxygen atoms in total. The summed E-state index contributed by atoms with van der Waals surface area (Å²) in [4.78, 5) is 4.40. The number of benzene rings is 1. The summed E-state index contributed by atoms with van der Waals surface area (Å²) in [5, 5.41) is 8.88. The first-order valence-corrected chi connectivity index (χ1v) is 6.69.